The average Bonchev–Trinajstić information content (AvgIpc) is 3.37. The first-order valence-electron chi connectivity index (χ1n) is 10.7. The Hall–Kier alpha value is -2.39. The Balaban J connectivity index is 0.000000360. The van der Waals surface area contributed by atoms with Crippen LogP contribution in [0.2, 0.25) is 0 Å². The second kappa shape index (κ2) is 9.62. The molecule has 9 heteroatoms. The van der Waals surface area contributed by atoms with Crippen LogP contribution in [0.15, 0.2) is 24.3 Å². The van der Waals surface area contributed by atoms with E-state index in [9.17, 15) is 13.2 Å². The molecule has 1 aromatic carbocycles. The zero-order valence-corrected chi connectivity index (χ0v) is 18.6. The number of carboxylic acid groups (broad SMARTS) is 1. The molecule has 0 radical (unpaired) electrons. The maximum absolute atomic E-state index is 10.6. The minimum Gasteiger partial charge on any atom is -0.475 e. The van der Waals surface area contributed by atoms with Gasteiger partial charge >= 0.3 is 12.1 Å². The summed E-state index contributed by atoms with van der Waals surface area (Å²) in [6.07, 6.45) is -2.81. The van der Waals surface area contributed by atoms with Crippen molar-refractivity contribution < 1.29 is 27.8 Å². The lowest BCUT2D eigenvalue weighted by molar-refractivity contribution is -0.192. The van der Waals surface area contributed by atoms with Crippen LogP contribution < -0.4 is 0 Å². The van der Waals surface area contributed by atoms with Crippen LogP contribution in [0.3, 0.4) is 0 Å². The summed E-state index contributed by atoms with van der Waals surface area (Å²) < 4.78 is 37.3. The molecule has 4 rings (SSSR count). The number of hydrogen-bond donors (Lipinski definition) is 2. The van der Waals surface area contributed by atoms with E-state index in [4.69, 9.17) is 14.6 Å². The van der Waals surface area contributed by atoms with Crippen LogP contribution >= 0.6 is 0 Å². The van der Waals surface area contributed by atoms with Gasteiger partial charge in [0.1, 0.15) is 0 Å². The molecular formula is C23H30F3N3O3. The molecule has 1 fully saturated rings. The van der Waals surface area contributed by atoms with Gasteiger partial charge in [-0.1, -0.05) is 45.0 Å². The Morgan fingerprint density at radius 2 is 1.91 bits per heavy atom. The highest BCUT2D eigenvalue weighted by atomic mass is 19.4. The Morgan fingerprint density at radius 1 is 1.25 bits per heavy atom. The lowest BCUT2D eigenvalue weighted by Crippen LogP contribution is -2.34. The molecule has 0 saturated carbocycles. The molecule has 3 heterocycles. The molecule has 0 spiro atoms. The summed E-state index contributed by atoms with van der Waals surface area (Å²) in [6, 6.07) is 8.93. The predicted molar refractivity (Wildman–Crippen MR) is 114 cm³/mol. The van der Waals surface area contributed by atoms with E-state index in [0.717, 1.165) is 45.0 Å². The number of rotatable bonds is 3. The van der Waals surface area contributed by atoms with E-state index in [1.54, 1.807) is 0 Å². The van der Waals surface area contributed by atoms with Gasteiger partial charge in [-0.05, 0) is 23.3 Å². The van der Waals surface area contributed by atoms with Gasteiger partial charge in [0, 0.05) is 49.5 Å². The minimum atomic E-state index is -5.08. The monoisotopic (exact) mass is 453 g/mol. The van der Waals surface area contributed by atoms with Crippen molar-refractivity contribution in [1.82, 2.24) is 15.1 Å². The lowest BCUT2D eigenvalue weighted by atomic mass is 9.86. The van der Waals surface area contributed by atoms with Crippen molar-refractivity contribution in [2.24, 2.45) is 5.92 Å². The van der Waals surface area contributed by atoms with Crippen LogP contribution in [-0.2, 0) is 27.9 Å². The number of aromatic nitrogens is 2. The van der Waals surface area contributed by atoms with Gasteiger partial charge < -0.3 is 9.84 Å². The first-order valence-corrected chi connectivity index (χ1v) is 10.7. The Bertz CT molecular complexity index is 911. The van der Waals surface area contributed by atoms with Gasteiger partial charge in [-0.3, -0.25) is 10.00 Å². The third kappa shape index (κ3) is 6.10. The summed E-state index contributed by atoms with van der Waals surface area (Å²) >= 11 is 0. The normalized spacial score (nSPS) is 19.2. The van der Waals surface area contributed by atoms with E-state index >= 15 is 0 Å². The largest absolute Gasteiger partial charge is 0.490 e. The number of nitrogens with one attached hydrogen (secondary N) is 1. The van der Waals surface area contributed by atoms with Crippen molar-refractivity contribution in [2.75, 3.05) is 26.3 Å². The zero-order valence-electron chi connectivity index (χ0n) is 18.6. The third-order valence-electron chi connectivity index (χ3n) is 5.82. The van der Waals surface area contributed by atoms with E-state index < -0.39 is 12.1 Å². The molecule has 2 aliphatic heterocycles. The van der Waals surface area contributed by atoms with Crippen molar-refractivity contribution in [3.05, 3.63) is 41.1 Å². The highest BCUT2D eigenvalue weighted by molar-refractivity contribution is 5.73. The van der Waals surface area contributed by atoms with Crippen LogP contribution in [0, 0.1) is 5.92 Å². The van der Waals surface area contributed by atoms with E-state index in [-0.39, 0.29) is 5.41 Å². The number of hydrogen-bond acceptors (Lipinski definition) is 4. The Labute approximate surface area is 185 Å². The van der Waals surface area contributed by atoms with E-state index in [1.807, 2.05) is 0 Å². The molecule has 0 amide bonds. The third-order valence-corrected chi connectivity index (χ3v) is 5.82. The SMILES string of the molecule is CC(C)(C)c1ccc(-c2n[nH]c3c2CN(CC2CCOC2)CC3)cc1.O=C(O)C(F)(F)F. The van der Waals surface area contributed by atoms with Crippen molar-refractivity contribution in [3.8, 4) is 11.3 Å². The number of ether oxygens (including phenoxy) is 1. The fraction of sp³-hybridized carbons (Fsp3) is 0.565. The minimum absolute atomic E-state index is 0.184. The summed E-state index contributed by atoms with van der Waals surface area (Å²) in [5, 5.41) is 15.1. The van der Waals surface area contributed by atoms with Gasteiger partial charge in [-0.25, -0.2) is 4.79 Å². The molecule has 2 N–H and O–H groups in total. The van der Waals surface area contributed by atoms with Gasteiger partial charge in [0.15, 0.2) is 0 Å². The molecule has 1 aromatic heterocycles. The molecule has 1 saturated heterocycles. The topological polar surface area (TPSA) is 78.5 Å². The number of H-pyrrole nitrogens is 1. The fourth-order valence-corrected chi connectivity index (χ4v) is 3.97. The number of nitrogens with zero attached hydrogens (tertiary/aromatic N) is 2. The number of benzene rings is 1. The first kappa shape index (κ1) is 24.3. The molecule has 0 bridgehead atoms. The number of aliphatic carboxylic acids is 1. The molecule has 0 aliphatic carbocycles. The fourth-order valence-electron chi connectivity index (χ4n) is 3.97. The summed E-state index contributed by atoms with van der Waals surface area (Å²) in [4.78, 5) is 11.5. The molecule has 32 heavy (non-hydrogen) atoms. The van der Waals surface area contributed by atoms with Crippen molar-refractivity contribution in [2.45, 2.75) is 51.7 Å². The van der Waals surface area contributed by atoms with Gasteiger partial charge in [-0.2, -0.15) is 18.3 Å². The van der Waals surface area contributed by atoms with E-state index in [0.29, 0.717) is 5.92 Å². The second-order valence-corrected chi connectivity index (χ2v) is 9.37. The molecule has 2 aliphatic rings. The van der Waals surface area contributed by atoms with Crippen molar-refractivity contribution in [1.29, 1.82) is 0 Å². The smallest absolute Gasteiger partial charge is 0.475 e. The molecule has 1 atom stereocenters. The van der Waals surface area contributed by atoms with Gasteiger partial charge in [0.05, 0.1) is 12.3 Å². The summed E-state index contributed by atoms with van der Waals surface area (Å²) in [6.45, 7) is 11.9. The zero-order chi connectivity index (χ0) is 23.5. The quantitative estimate of drug-likeness (QED) is 0.720. The molecule has 2 aromatic rings. The molecule has 176 valence electrons. The van der Waals surface area contributed by atoms with Crippen molar-refractivity contribution in [3.63, 3.8) is 0 Å². The standard InChI is InChI=1S/C21H29N3O.C2HF3O2/c1-21(2,3)17-6-4-16(5-7-17)20-18-13-24(10-8-19(18)22-23-20)12-15-9-11-25-14-15;3-2(4,5)1(6)7/h4-7,15H,8-14H2,1-3H3,(H,22,23);(H,6,7). The van der Waals surface area contributed by atoms with E-state index in [2.05, 4.69) is 60.1 Å². The number of carbonyl (C=O) groups is 1. The van der Waals surface area contributed by atoms with Crippen LogP contribution in [0.5, 0.6) is 0 Å². The van der Waals surface area contributed by atoms with Crippen LogP contribution in [0.1, 0.15) is 44.0 Å². The number of fused-ring (bicyclic) bond motifs is 1. The van der Waals surface area contributed by atoms with E-state index in [1.165, 1.54) is 28.8 Å². The van der Waals surface area contributed by atoms with Crippen LogP contribution in [0.25, 0.3) is 11.3 Å². The second-order valence-electron chi connectivity index (χ2n) is 9.37. The maximum Gasteiger partial charge on any atom is 0.490 e. The molecule has 6 nitrogen and oxygen atoms in total. The lowest BCUT2D eigenvalue weighted by Gasteiger charge is -2.29. The molecule has 1 unspecified atom stereocenters. The molecular weight excluding hydrogens is 423 g/mol. The number of aromatic amines is 1. The van der Waals surface area contributed by atoms with Crippen LogP contribution in [-0.4, -0.2) is 58.7 Å². The first-order chi connectivity index (χ1) is 14.9. The van der Waals surface area contributed by atoms with Gasteiger partial charge in [0.2, 0.25) is 0 Å². The highest BCUT2D eigenvalue weighted by Crippen LogP contribution is 2.31. The number of carboxylic acids is 1. The summed E-state index contributed by atoms with van der Waals surface area (Å²) in [5.74, 6) is -2.06. The maximum atomic E-state index is 10.6. The summed E-state index contributed by atoms with van der Waals surface area (Å²) in [5.41, 5.74) is 6.59. The Morgan fingerprint density at radius 3 is 2.44 bits per heavy atom. The average molecular weight is 454 g/mol. The highest BCUT2D eigenvalue weighted by Gasteiger charge is 2.38. The van der Waals surface area contributed by atoms with Gasteiger partial charge in [-0.15, -0.1) is 0 Å². The van der Waals surface area contributed by atoms with Gasteiger partial charge in [0.25, 0.3) is 0 Å². The number of alkyl halides is 3. The number of halogens is 3. The summed E-state index contributed by atoms with van der Waals surface area (Å²) in [7, 11) is 0. The van der Waals surface area contributed by atoms with Crippen molar-refractivity contribution >= 4 is 5.97 Å². The van der Waals surface area contributed by atoms with Crippen LogP contribution in [0.4, 0.5) is 13.2 Å². The Kier molecular flexibility index (Phi) is 7.29. The predicted octanol–water partition coefficient (Wildman–Crippen LogP) is 4.40.